The number of rotatable bonds is 17. The van der Waals surface area contributed by atoms with E-state index in [9.17, 15) is 67.4 Å². The highest BCUT2D eigenvalue weighted by atomic mass is 16.3. The molecule has 0 unspecified atom stereocenters. The van der Waals surface area contributed by atoms with E-state index in [0.717, 1.165) is 16.8 Å². The van der Waals surface area contributed by atoms with Gasteiger partial charge in [0.15, 0.2) is 0 Å². The summed E-state index contributed by atoms with van der Waals surface area (Å²) in [5.74, 6) is -12.6. The van der Waals surface area contributed by atoms with Crippen molar-refractivity contribution in [1.29, 1.82) is 0 Å². The minimum Gasteiger partial charge on any atom is -0.394 e. The van der Waals surface area contributed by atoms with Gasteiger partial charge in [-0.2, -0.15) is 0 Å². The van der Waals surface area contributed by atoms with Crippen LogP contribution in [0.5, 0.6) is 0 Å². The van der Waals surface area contributed by atoms with Crippen LogP contribution in [0.4, 0.5) is 0 Å². The second-order valence-corrected chi connectivity index (χ2v) is 22.2. The largest absolute Gasteiger partial charge is 0.394 e. The molecule has 472 valence electrons. The Labute approximate surface area is 505 Å². The van der Waals surface area contributed by atoms with Crippen molar-refractivity contribution in [2.45, 2.75) is 141 Å². The van der Waals surface area contributed by atoms with Crippen LogP contribution in [0, 0.1) is 11.8 Å². The summed E-state index contributed by atoms with van der Waals surface area (Å²) in [5, 5.41) is 35.3. The van der Waals surface area contributed by atoms with Crippen LogP contribution < -0.4 is 58.9 Å². The zero-order valence-electron chi connectivity index (χ0n) is 50.5. The maximum atomic E-state index is 14.8. The third-order valence-corrected chi connectivity index (χ3v) is 14.3. The molecule has 1 saturated heterocycles. The summed E-state index contributed by atoms with van der Waals surface area (Å²) in [7, 11) is 2.48. The summed E-state index contributed by atoms with van der Waals surface area (Å²) in [6, 6.07) is 10.8. The summed E-state index contributed by atoms with van der Waals surface area (Å²) in [4.78, 5) is 183. The van der Waals surface area contributed by atoms with Crippen LogP contribution >= 0.6 is 0 Å². The fourth-order valence-corrected chi connectivity index (χ4v) is 9.19. The molecular formula is C60H83N13O14. The van der Waals surface area contributed by atoms with E-state index in [0.29, 0.717) is 16.7 Å². The van der Waals surface area contributed by atoms with Gasteiger partial charge in [0, 0.05) is 33.4 Å². The molecule has 3 aromatic carbocycles. The Bertz CT molecular complexity index is 2920. The molecule has 0 bridgehead atoms. The SMILES string of the molecule is CC(C)C[C@@H]1NC(=O)CNC(=O)[C@H](Cc2ccccc2)N(C)C(=O)[C@H](C)NC(=O)[C@H](Cc2ccccc2)NC(=O)C[C@@H](C(=O)N(C)[C@@H](C)C(=O)N[C@@H](CO)C(=O)NCC(N)=O)NC(=O)[C@H](Cc2ccccc2)NC(=O)[C@H](C(C)C)NC(=O)[C@H](C)NC1=O. The first-order valence-electron chi connectivity index (χ1n) is 28.6. The van der Waals surface area contributed by atoms with E-state index in [2.05, 4.69) is 53.2 Å². The molecule has 1 fully saturated rings. The van der Waals surface area contributed by atoms with Gasteiger partial charge in [0.05, 0.1) is 26.1 Å². The molecule has 4 rings (SSSR count). The molecule has 0 aromatic heterocycles. The molecule has 27 heteroatoms. The Morgan fingerprint density at radius 3 is 1.62 bits per heavy atom. The molecule has 13 N–H and O–H groups in total. The topological polar surface area (TPSA) is 395 Å². The Balaban J connectivity index is 1.85. The summed E-state index contributed by atoms with van der Waals surface area (Å²) >= 11 is 0. The van der Waals surface area contributed by atoms with E-state index in [1.54, 1.807) is 119 Å². The molecule has 1 aliphatic heterocycles. The van der Waals surface area contributed by atoms with Crippen molar-refractivity contribution in [3.05, 3.63) is 108 Å². The van der Waals surface area contributed by atoms with Crippen molar-refractivity contribution in [3.8, 4) is 0 Å². The number of hydrogen-bond acceptors (Lipinski definition) is 14. The highest BCUT2D eigenvalue weighted by molar-refractivity contribution is 6.00. The van der Waals surface area contributed by atoms with Crippen LogP contribution in [0.25, 0.3) is 0 Å². The number of nitrogens with two attached hydrogens (primary N) is 1. The lowest BCUT2D eigenvalue weighted by Gasteiger charge is -2.31. The van der Waals surface area contributed by atoms with Crippen molar-refractivity contribution in [2.24, 2.45) is 17.6 Å². The molecule has 10 atom stereocenters. The minimum absolute atomic E-state index is 0.0532. The number of primary amides is 1. The highest BCUT2D eigenvalue weighted by Crippen LogP contribution is 2.15. The number of carbonyl (C=O) groups is 13. The van der Waals surface area contributed by atoms with Crippen molar-refractivity contribution >= 4 is 76.8 Å². The van der Waals surface area contributed by atoms with Crippen LogP contribution in [0.3, 0.4) is 0 Å². The number of benzene rings is 3. The van der Waals surface area contributed by atoms with Gasteiger partial charge in [-0.25, -0.2) is 0 Å². The molecule has 87 heavy (non-hydrogen) atoms. The number of amides is 13. The maximum absolute atomic E-state index is 14.8. The Morgan fingerprint density at radius 2 is 1.10 bits per heavy atom. The monoisotopic (exact) mass is 1210 g/mol. The van der Waals surface area contributed by atoms with Crippen LogP contribution in [0.2, 0.25) is 0 Å². The fourth-order valence-electron chi connectivity index (χ4n) is 9.19. The third-order valence-electron chi connectivity index (χ3n) is 14.3. The number of likely N-dealkylation sites (N-methyl/N-ethyl adjacent to an activating group) is 2. The molecule has 3 aromatic rings. The zero-order chi connectivity index (χ0) is 64.7. The van der Waals surface area contributed by atoms with Crippen LogP contribution in [0.15, 0.2) is 91.0 Å². The van der Waals surface area contributed by atoms with Crippen LogP contribution in [-0.2, 0) is 81.6 Å². The van der Waals surface area contributed by atoms with Gasteiger partial charge in [-0.05, 0) is 55.7 Å². The molecule has 0 radical (unpaired) electrons. The van der Waals surface area contributed by atoms with E-state index in [4.69, 9.17) is 5.73 Å². The number of hydrogen-bond donors (Lipinski definition) is 12. The number of aliphatic hydroxyl groups excluding tert-OH is 1. The molecule has 0 aliphatic carbocycles. The third kappa shape index (κ3) is 22.3. The maximum Gasteiger partial charge on any atom is 0.246 e. The average Bonchev–Trinajstić information content (AvgIpc) is 3.66. The Hall–Kier alpha value is -9.27. The lowest BCUT2D eigenvalue weighted by molar-refractivity contribution is -0.144. The Kier molecular flexibility index (Phi) is 27.5. The quantitative estimate of drug-likeness (QED) is 0.0647. The van der Waals surface area contributed by atoms with Crippen molar-refractivity contribution in [2.75, 3.05) is 33.8 Å². The number of nitrogens with one attached hydrogen (secondary N) is 10. The lowest BCUT2D eigenvalue weighted by Crippen LogP contribution is -2.61. The van der Waals surface area contributed by atoms with Crippen molar-refractivity contribution < 1.29 is 67.4 Å². The predicted octanol–water partition coefficient (Wildman–Crippen LogP) is -2.88. The Morgan fingerprint density at radius 1 is 0.609 bits per heavy atom. The predicted molar refractivity (Wildman–Crippen MR) is 317 cm³/mol. The zero-order valence-corrected chi connectivity index (χ0v) is 50.5. The van der Waals surface area contributed by atoms with Crippen molar-refractivity contribution in [3.63, 3.8) is 0 Å². The van der Waals surface area contributed by atoms with Gasteiger partial charge in [-0.15, -0.1) is 0 Å². The fraction of sp³-hybridized carbons (Fsp3) is 0.483. The highest BCUT2D eigenvalue weighted by Gasteiger charge is 2.38. The minimum atomic E-state index is -1.90. The van der Waals surface area contributed by atoms with Crippen LogP contribution in [-0.4, -0.2) is 186 Å². The standard InChI is InChI=1S/C60H83N13O14/c1-33(2)25-41-54(81)64-35(5)51(78)71-50(34(3)4)58(85)68-43(27-39-21-15-11-16-22-39)56(83)69-44(60(87)72(8)37(7)52(79)70-45(32-74)53(80)62-30-47(61)75)29-48(76)66-42(26-38-19-13-10-14-20-38)55(82)65-36(6)59(86)73(9)46(28-40-23-17-12-18-24-40)57(84)63-31-49(77)67-41/h10-24,33-37,41-46,50,74H,25-32H2,1-9H3,(H2,61,75)(H,62,80)(H,63,84)(H,64,81)(H,65,82)(H,66,76)(H,67,77)(H,68,85)(H,69,83)(H,70,79)(H,71,78)/t35-,36-,37-,41-,42-,43-,44-,45-,46-,50-/m0/s1. The summed E-state index contributed by atoms with van der Waals surface area (Å²) < 4.78 is 0. The molecule has 13 amide bonds. The normalized spacial score (nSPS) is 22.7. The summed E-state index contributed by atoms with van der Waals surface area (Å²) in [6.07, 6.45) is -1.30. The van der Waals surface area contributed by atoms with E-state index in [1.165, 1.54) is 27.8 Å². The number of aliphatic hydroxyl groups is 1. The molecule has 0 saturated carbocycles. The van der Waals surface area contributed by atoms with E-state index < -0.39 is 169 Å². The molecular weight excluding hydrogens is 1130 g/mol. The second-order valence-electron chi connectivity index (χ2n) is 22.2. The molecule has 27 nitrogen and oxygen atoms in total. The number of nitrogens with zero attached hydrogens (tertiary/aromatic N) is 2. The van der Waals surface area contributed by atoms with Gasteiger partial charge in [0.1, 0.15) is 60.4 Å². The van der Waals surface area contributed by atoms with Gasteiger partial charge in [-0.1, -0.05) is 119 Å². The van der Waals surface area contributed by atoms with Gasteiger partial charge >= 0.3 is 0 Å². The summed E-state index contributed by atoms with van der Waals surface area (Å²) in [5.41, 5.74) is 6.80. The lowest BCUT2D eigenvalue weighted by atomic mass is 10.00. The van der Waals surface area contributed by atoms with E-state index >= 15 is 0 Å². The van der Waals surface area contributed by atoms with Crippen LogP contribution in [0.1, 0.15) is 78.0 Å². The molecule has 1 heterocycles. The van der Waals surface area contributed by atoms with Gasteiger partial charge in [0.2, 0.25) is 76.8 Å². The van der Waals surface area contributed by atoms with Gasteiger partial charge in [-0.3, -0.25) is 62.3 Å². The molecule has 0 spiro atoms. The average molecular weight is 1210 g/mol. The first-order valence-corrected chi connectivity index (χ1v) is 28.6. The van der Waals surface area contributed by atoms with Gasteiger partial charge in [0.25, 0.3) is 0 Å². The first kappa shape index (κ1) is 70.2. The van der Waals surface area contributed by atoms with Crippen molar-refractivity contribution in [1.82, 2.24) is 63.0 Å². The summed E-state index contributed by atoms with van der Waals surface area (Å²) in [6.45, 7) is 8.55. The first-order chi connectivity index (χ1) is 41.1. The molecule has 1 aliphatic rings. The van der Waals surface area contributed by atoms with E-state index in [-0.39, 0.29) is 31.6 Å². The smallest absolute Gasteiger partial charge is 0.246 e. The second kappa shape index (κ2) is 34.0. The number of carbonyl (C=O) groups excluding carboxylic acids is 13. The van der Waals surface area contributed by atoms with Gasteiger partial charge < -0.3 is 73.8 Å². The van der Waals surface area contributed by atoms with E-state index in [1.807, 2.05) is 0 Å².